The van der Waals surface area contributed by atoms with Crippen molar-refractivity contribution in [2.45, 2.75) is 37.9 Å². The molecule has 24 heavy (non-hydrogen) atoms. The zero-order valence-electron chi connectivity index (χ0n) is 12.8. The molecule has 0 saturated carbocycles. The molecule has 0 radical (unpaired) electrons. The van der Waals surface area contributed by atoms with Gasteiger partial charge in [-0.1, -0.05) is 12.5 Å². The fraction of sp³-hybridized carbons (Fsp3) is 0.400. The van der Waals surface area contributed by atoms with Crippen LogP contribution in [0.5, 0.6) is 0 Å². The normalized spacial score (nSPS) is 18.6. The first-order chi connectivity index (χ1) is 11.2. The van der Waals surface area contributed by atoms with Crippen molar-refractivity contribution in [3.8, 4) is 0 Å². The first-order valence-corrected chi connectivity index (χ1v) is 8.84. The van der Waals surface area contributed by atoms with E-state index in [-0.39, 0.29) is 12.0 Å². The van der Waals surface area contributed by atoms with Gasteiger partial charge in [0.2, 0.25) is 10.0 Å². The highest BCUT2D eigenvalue weighted by Gasteiger charge is 2.37. The Labute approximate surface area is 137 Å². The second kappa shape index (κ2) is 6.84. The van der Waals surface area contributed by atoms with E-state index >= 15 is 0 Å². The Morgan fingerprint density at radius 3 is 2.54 bits per heavy atom. The van der Waals surface area contributed by atoms with Gasteiger partial charge in [0.25, 0.3) is 0 Å². The average Bonchev–Trinajstić information content (AvgIpc) is 2.54. The molecule has 1 aliphatic rings. The van der Waals surface area contributed by atoms with Gasteiger partial charge >= 0.3 is 5.97 Å². The number of hydrogen-bond acceptors (Lipinski definition) is 3. The number of aliphatic carboxylic acids is 1. The molecule has 0 saturated heterocycles. The summed E-state index contributed by atoms with van der Waals surface area (Å²) in [6.45, 7) is 1.72. The minimum absolute atomic E-state index is 0.0474. The van der Waals surface area contributed by atoms with Gasteiger partial charge in [0.15, 0.2) is 17.5 Å². The van der Waals surface area contributed by atoms with Gasteiger partial charge in [0, 0.05) is 0 Å². The number of carboxylic acid groups (broad SMARTS) is 1. The van der Waals surface area contributed by atoms with E-state index in [1.54, 1.807) is 6.92 Å². The van der Waals surface area contributed by atoms with Crippen LogP contribution in [0, 0.1) is 17.5 Å². The van der Waals surface area contributed by atoms with E-state index in [1.807, 2.05) is 4.72 Å². The molecular weight excluding hydrogens is 347 g/mol. The number of nitrogens with one attached hydrogen (secondary N) is 1. The van der Waals surface area contributed by atoms with Gasteiger partial charge in [-0.15, -0.1) is 0 Å². The molecule has 0 aliphatic heterocycles. The molecule has 0 fully saturated rings. The zero-order chi connectivity index (χ0) is 18.1. The molecule has 1 aromatic carbocycles. The maximum Gasteiger partial charge on any atom is 0.332 e. The third-order valence-corrected chi connectivity index (χ3v) is 5.69. The average molecular weight is 363 g/mol. The number of allylic oxidation sites excluding steroid dienone is 1. The molecule has 1 aliphatic carbocycles. The SMILES string of the molecule is CCC1=C(C(=O)O)C(S(=O)(=O)Nc2ccc(F)c(F)c2F)CCC1. The molecule has 1 unspecified atom stereocenters. The lowest BCUT2D eigenvalue weighted by molar-refractivity contribution is -0.132. The summed E-state index contributed by atoms with van der Waals surface area (Å²) in [7, 11) is -4.34. The number of benzene rings is 1. The summed E-state index contributed by atoms with van der Waals surface area (Å²) in [6, 6.07) is 1.33. The first kappa shape index (κ1) is 18.3. The van der Waals surface area contributed by atoms with Crippen LogP contribution in [0.1, 0.15) is 32.6 Å². The molecule has 0 bridgehead atoms. The van der Waals surface area contributed by atoms with Crippen molar-refractivity contribution in [2.75, 3.05) is 4.72 Å². The molecule has 2 rings (SSSR count). The fourth-order valence-electron chi connectivity index (χ4n) is 2.80. The van der Waals surface area contributed by atoms with Gasteiger partial charge in [0.05, 0.1) is 11.3 Å². The van der Waals surface area contributed by atoms with Crippen molar-refractivity contribution in [1.29, 1.82) is 0 Å². The fourth-order valence-corrected chi connectivity index (χ4v) is 4.46. The summed E-state index contributed by atoms with van der Waals surface area (Å²) in [5.41, 5.74) is -0.489. The third kappa shape index (κ3) is 3.40. The molecule has 132 valence electrons. The minimum Gasteiger partial charge on any atom is -0.478 e. The summed E-state index contributed by atoms with van der Waals surface area (Å²) in [5.74, 6) is -6.28. The van der Waals surface area contributed by atoms with Gasteiger partial charge in [-0.3, -0.25) is 4.72 Å². The molecule has 5 nitrogen and oxygen atoms in total. The summed E-state index contributed by atoms with van der Waals surface area (Å²) in [5, 5.41) is 7.96. The van der Waals surface area contributed by atoms with Gasteiger partial charge in [-0.25, -0.2) is 26.4 Å². The van der Waals surface area contributed by atoms with E-state index in [2.05, 4.69) is 0 Å². The van der Waals surface area contributed by atoms with Crippen LogP contribution in [0.15, 0.2) is 23.3 Å². The van der Waals surface area contributed by atoms with Crippen LogP contribution < -0.4 is 4.72 Å². The first-order valence-electron chi connectivity index (χ1n) is 7.29. The summed E-state index contributed by atoms with van der Waals surface area (Å²) < 4.78 is 66.7. The third-order valence-electron chi connectivity index (χ3n) is 3.97. The highest BCUT2D eigenvalue weighted by Crippen LogP contribution is 2.33. The number of halogens is 3. The largest absolute Gasteiger partial charge is 0.478 e. The summed E-state index contributed by atoms with van der Waals surface area (Å²) >= 11 is 0. The number of hydrogen-bond donors (Lipinski definition) is 2. The van der Waals surface area contributed by atoms with Gasteiger partial charge < -0.3 is 5.11 Å². The van der Waals surface area contributed by atoms with Gasteiger partial charge in [-0.2, -0.15) is 0 Å². The zero-order valence-corrected chi connectivity index (χ0v) is 13.6. The Bertz CT molecular complexity index is 805. The second-order valence-corrected chi connectivity index (χ2v) is 7.29. The highest BCUT2D eigenvalue weighted by atomic mass is 32.2. The topological polar surface area (TPSA) is 83.5 Å². The van der Waals surface area contributed by atoms with E-state index in [0.29, 0.717) is 30.9 Å². The Kier molecular flexibility index (Phi) is 5.22. The van der Waals surface area contributed by atoms with E-state index in [1.165, 1.54) is 0 Å². The van der Waals surface area contributed by atoms with E-state index in [9.17, 15) is 31.5 Å². The van der Waals surface area contributed by atoms with Crippen LogP contribution in [0.4, 0.5) is 18.9 Å². The van der Waals surface area contributed by atoms with E-state index in [4.69, 9.17) is 0 Å². The lowest BCUT2D eigenvalue weighted by Gasteiger charge is -2.26. The second-order valence-electron chi connectivity index (χ2n) is 5.43. The number of carboxylic acids is 1. The molecule has 0 aromatic heterocycles. The quantitative estimate of drug-likeness (QED) is 0.787. The molecule has 2 N–H and O–H groups in total. The number of anilines is 1. The molecule has 1 atom stereocenters. The highest BCUT2D eigenvalue weighted by molar-refractivity contribution is 7.93. The van der Waals surface area contributed by atoms with Crippen LogP contribution >= 0.6 is 0 Å². The van der Waals surface area contributed by atoms with Crippen molar-refractivity contribution >= 4 is 21.7 Å². The van der Waals surface area contributed by atoms with Crippen LogP contribution in [0.3, 0.4) is 0 Å². The van der Waals surface area contributed by atoms with Crippen LogP contribution in [-0.4, -0.2) is 24.7 Å². The van der Waals surface area contributed by atoms with Crippen molar-refractivity contribution in [2.24, 2.45) is 0 Å². The predicted octanol–water partition coefficient (Wildman–Crippen LogP) is 3.19. The number of rotatable bonds is 5. The summed E-state index contributed by atoms with van der Waals surface area (Å²) in [4.78, 5) is 11.5. The van der Waals surface area contributed by atoms with Gasteiger partial charge in [0.1, 0.15) is 5.25 Å². The molecule has 1 aromatic rings. The van der Waals surface area contributed by atoms with Gasteiger partial charge in [-0.05, 0) is 37.8 Å². The Hall–Kier alpha value is -2.03. The molecule has 0 heterocycles. The number of sulfonamides is 1. The van der Waals surface area contributed by atoms with Crippen molar-refractivity contribution in [3.05, 3.63) is 40.7 Å². The maximum absolute atomic E-state index is 13.7. The standard InChI is InChI=1S/C15H16F3NO4S/c1-2-8-4-3-5-11(12(8)15(20)21)24(22,23)19-10-7-6-9(16)13(17)14(10)18/h6-7,11,19H,2-5H2,1H3,(H,20,21). The smallest absolute Gasteiger partial charge is 0.332 e. The van der Waals surface area contributed by atoms with E-state index < -0.39 is 44.4 Å². The van der Waals surface area contributed by atoms with Crippen LogP contribution in [0.25, 0.3) is 0 Å². The minimum atomic E-state index is -4.34. The molecule has 0 amide bonds. The number of carbonyl (C=O) groups is 1. The Morgan fingerprint density at radius 2 is 1.96 bits per heavy atom. The van der Waals surface area contributed by atoms with Crippen LogP contribution in [0.2, 0.25) is 0 Å². The maximum atomic E-state index is 13.7. The van der Waals surface area contributed by atoms with Crippen LogP contribution in [-0.2, 0) is 14.8 Å². The van der Waals surface area contributed by atoms with Crippen molar-refractivity contribution in [1.82, 2.24) is 0 Å². The van der Waals surface area contributed by atoms with Crippen molar-refractivity contribution in [3.63, 3.8) is 0 Å². The Balaban J connectivity index is 2.43. The molecule has 0 spiro atoms. The van der Waals surface area contributed by atoms with E-state index in [0.717, 1.165) is 6.07 Å². The van der Waals surface area contributed by atoms with Crippen molar-refractivity contribution < 1.29 is 31.5 Å². The summed E-state index contributed by atoms with van der Waals surface area (Å²) in [6.07, 6.45) is 1.37. The Morgan fingerprint density at radius 1 is 1.29 bits per heavy atom. The lowest BCUT2D eigenvalue weighted by atomic mass is 9.90. The lowest BCUT2D eigenvalue weighted by Crippen LogP contribution is -2.35. The predicted molar refractivity (Wildman–Crippen MR) is 81.5 cm³/mol. The molecule has 9 heteroatoms. The monoisotopic (exact) mass is 363 g/mol. The molecular formula is C15H16F3NO4S.